The van der Waals surface area contributed by atoms with Crippen LogP contribution in [0.4, 0.5) is 11.4 Å². The van der Waals surface area contributed by atoms with Gasteiger partial charge in [0.25, 0.3) is 0 Å². The standard InChI is InChI=1S/C28H38N4.Ag.2ClH/c1-20-15-22(3)27(23(4)16-20)30-11-13-32(19-26-9-7-8-10-29-26)14-12-31-28-24(5)17-21(2)18-25(28)6;;;/h7-10,15-18,30-31H,11-14,19H2,1-6H3;;2*1H/p-2. The molecular weight excluding hydrogens is 571 g/mol. The minimum Gasteiger partial charge on any atom is -1.00 e. The van der Waals surface area contributed by atoms with Gasteiger partial charge in [0, 0.05) is 72.7 Å². The first kappa shape index (κ1) is 33.5. The fourth-order valence-electron chi connectivity index (χ4n) is 4.59. The predicted molar refractivity (Wildman–Crippen MR) is 138 cm³/mol. The molecule has 197 valence electrons. The van der Waals surface area contributed by atoms with Crippen molar-refractivity contribution in [3.63, 3.8) is 0 Å². The Morgan fingerprint density at radius 2 is 1.11 bits per heavy atom. The van der Waals surface area contributed by atoms with Crippen LogP contribution in [0.15, 0.2) is 48.7 Å². The molecule has 0 atom stereocenters. The minimum absolute atomic E-state index is 0. The van der Waals surface area contributed by atoms with E-state index in [9.17, 15) is 0 Å². The monoisotopic (exact) mass is 607 g/mol. The molecule has 1 heterocycles. The summed E-state index contributed by atoms with van der Waals surface area (Å²) in [7, 11) is 0. The zero-order chi connectivity index (χ0) is 23.1. The third kappa shape index (κ3) is 10.2. The summed E-state index contributed by atoms with van der Waals surface area (Å²) in [5.41, 5.74) is 11.5. The first-order chi connectivity index (χ1) is 15.3. The van der Waals surface area contributed by atoms with Crippen molar-refractivity contribution < 1.29 is 47.2 Å². The van der Waals surface area contributed by atoms with Gasteiger partial charge in [-0.1, -0.05) is 41.5 Å². The van der Waals surface area contributed by atoms with Crippen LogP contribution in [0.2, 0.25) is 0 Å². The first-order valence-corrected chi connectivity index (χ1v) is 11.6. The van der Waals surface area contributed by atoms with Crippen LogP contribution >= 0.6 is 0 Å². The van der Waals surface area contributed by atoms with Crippen LogP contribution < -0.4 is 35.4 Å². The summed E-state index contributed by atoms with van der Waals surface area (Å²) in [6.07, 6.45) is 1.88. The summed E-state index contributed by atoms with van der Waals surface area (Å²) in [6.45, 7) is 17.6. The number of hydrogen-bond donors (Lipinski definition) is 2. The molecule has 1 radical (unpaired) electrons. The second-order valence-corrected chi connectivity index (χ2v) is 9.00. The maximum atomic E-state index is 4.54. The van der Waals surface area contributed by atoms with E-state index in [-0.39, 0.29) is 47.2 Å². The van der Waals surface area contributed by atoms with Crippen molar-refractivity contribution in [3.05, 3.63) is 87.7 Å². The van der Waals surface area contributed by atoms with Gasteiger partial charge < -0.3 is 35.4 Å². The molecule has 2 aromatic carbocycles. The van der Waals surface area contributed by atoms with Gasteiger partial charge in [-0.15, -0.1) is 0 Å². The van der Waals surface area contributed by atoms with Crippen LogP contribution in [0.25, 0.3) is 0 Å². The molecule has 7 heteroatoms. The van der Waals surface area contributed by atoms with Gasteiger partial charge in [-0.2, -0.15) is 0 Å². The summed E-state index contributed by atoms with van der Waals surface area (Å²) in [4.78, 5) is 7.02. The van der Waals surface area contributed by atoms with E-state index >= 15 is 0 Å². The third-order valence-electron chi connectivity index (χ3n) is 5.93. The van der Waals surface area contributed by atoms with Crippen molar-refractivity contribution in [1.29, 1.82) is 0 Å². The molecule has 0 amide bonds. The van der Waals surface area contributed by atoms with E-state index in [1.54, 1.807) is 0 Å². The summed E-state index contributed by atoms with van der Waals surface area (Å²) < 4.78 is 0. The van der Waals surface area contributed by atoms with Crippen LogP contribution in [0.5, 0.6) is 0 Å². The van der Waals surface area contributed by atoms with Crippen molar-refractivity contribution in [2.45, 2.75) is 48.1 Å². The normalized spacial score (nSPS) is 10.1. The SMILES string of the molecule is Cc1cc(C)c(NCCN(CCNc2c(C)cc(C)cc2C)Cc2ccccn2)c(C)c1.[Ag].[Cl-].[Cl-]. The van der Waals surface area contributed by atoms with Gasteiger partial charge in [-0.25, -0.2) is 0 Å². The zero-order valence-corrected chi connectivity index (χ0v) is 24.6. The minimum atomic E-state index is 0. The van der Waals surface area contributed by atoms with Gasteiger partial charge >= 0.3 is 0 Å². The molecule has 0 fully saturated rings. The van der Waals surface area contributed by atoms with Gasteiger partial charge in [0.15, 0.2) is 0 Å². The Morgan fingerprint density at radius 3 is 1.49 bits per heavy atom. The summed E-state index contributed by atoms with van der Waals surface area (Å²) >= 11 is 0. The average molecular weight is 609 g/mol. The molecule has 4 nitrogen and oxygen atoms in total. The van der Waals surface area contributed by atoms with E-state index in [0.29, 0.717) is 0 Å². The number of nitrogens with one attached hydrogen (secondary N) is 2. The van der Waals surface area contributed by atoms with Crippen LogP contribution in [0.3, 0.4) is 0 Å². The zero-order valence-electron chi connectivity index (χ0n) is 21.6. The van der Waals surface area contributed by atoms with E-state index in [1.807, 2.05) is 12.3 Å². The Hall–Kier alpha value is -1.53. The number of halogens is 2. The number of pyridine rings is 1. The molecule has 0 aliphatic carbocycles. The summed E-state index contributed by atoms with van der Waals surface area (Å²) in [6, 6.07) is 15.1. The summed E-state index contributed by atoms with van der Waals surface area (Å²) in [5, 5.41) is 7.35. The molecule has 0 aliphatic rings. The van der Waals surface area contributed by atoms with Gasteiger partial charge in [0.1, 0.15) is 0 Å². The number of hydrogen-bond acceptors (Lipinski definition) is 4. The topological polar surface area (TPSA) is 40.2 Å². The second kappa shape index (κ2) is 16.3. The molecule has 0 aliphatic heterocycles. The Balaban J connectivity index is 0.00000385. The Labute approximate surface area is 240 Å². The average Bonchev–Trinajstić information content (AvgIpc) is 2.72. The summed E-state index contributed by atoms with van der Waals surface area (Å²) in [5.74, 6) is 0. The van der Waals surface area contributed by atoms with Gasteiger partial charge in [0.2, 0.25) is 0 Å². The van der Waals surface area contributed by atoms with Crippen molar-refractivity contribution in [2.24, 2.45) is 0 Å². The molecule has 3 aromatic rings. The smallest absolute Gasteiger partial charge is 0.0543 e. The molecule has 0 bridgehead atoms. The van der Waals surface area contributed by atoms with Crippen LogP contribution in [0.1, 0.15) is 39.1 Å². The largest absolute Gasteiger partial charge is 1.00 e. The molecular formula is C28H38AgCl2N4-2. The maximum Gasteiger partial charge on any atom is 0.0543 e. The van der Waals surface area contributed by atoms with Crippen LogP contribution in [0, 0.1) is 41.5 Å². The Morgan fingerprint density at radius 1 is 0.686 bits per heavy atom. The number of anilines is 2. The maximum absolute atomic E-state index is 4.54. The molecule has 0 saturated carbocycles. The van der Waals surface area contributed by atoms with Crippen LogP contribution in [-0.2, 0) is 28.9 Å². The van der Waals surface area contributed by atoms with Crippen molar-refractivity contribution in [3.8, 4) is 0 Å². The van der Waals surface area contributed by atoms with Gasteiger partial charge in [0.05, 0.1) is 5.69 Å². The predicted octanol–water partition coefficient (Wildman–Crippen LogP) is -0.0362. The van der Waals surface area contributed by atoms with Crippen molar-refractivity contribution in [1.82, 2.24) is 9.88 Å². The molecule has 2 N–H and O–H groups in total. The quantitative estimate of drug-likeness (QED) is 0.317. The Kier molecular flexibility index (Phi) is 15.6. The fourth-order valence-corrected chi connectivity index (χ4v) is 4.59. The van der Waals surface area contributed by atoms with E-state index in [4.69, 9.17) is 0 Å². The number of aromatic nitrogens is 1. The van der Waals surface area contributed by atoms with Gasteiger partial charge in [-0.3, -0.25) is 9.88 Å². The number of benzene rings is 2. The van der Waals surface area contributed by atoms with E-state index in [0.717, 1.165) is 38.4 Å². The molecule has 3 rings (SSSR count). The molecule has 1 aromatic heterocycles. The molecule has 0 saturated heterocycles. The van der Waals surface area contributed by atoms with Crippen LogP contribution in [-0.4, -0.2) is 36.1 Å². The molecule has 0 spiro atoms. The molecule has 0 unspecified atom stereocenters. The number of rotatable bonds is 10. The number of nitrogens with zero attached hydrogens (tertiary/aromatic N) is 2. The van der Waals surface area contributed by atoms with Crippen molar-refractivity contribution >= 4 is 11.4 Å². The van der Waals surface area contributed by atoms with Crippen molar-refractivity contribution in [2.75, 3.05) is 36.8 Å². The first-order valence-electron chi connectivity index (χ1n) is 11.6. The van der Waals surface area contributed by atoms with E-state index in [2.05, 4.69) is 98.5 Å². The number of aryl methyl sites for hydroxylation is 6. The fraction of sp³-hybridized carbons (Fsp3) is 0.393. The third-order valence-corrected chi connectivity index (χ3v) is 5.93. The molecule has 35 heavy (non-hydrogen) atoms. The van der Waals surface area contributed by atoms with Gasteiger partial charge in [-0.05, 0) is 75.9 Å². The van der Waals surface area contributed by atoms with E-state index in [1.165, 1.54) is 44.8 Å². The van der Waals surface area contributed by atoms with E-state index < -0.39 is 0 Å². The second-order valence-electron chi connectivity index (χ2n) is 9.00. The Bertz CT molecular complexity index is 935.